The fourth-order valence-electron chi connectivity index (χ4n) is 2.69. The van der Waals surface area contributed by atoms with Crippen LogP contribution in [0.5, 0.6) is 0 Å². The van der Waals surface area contributed by atoms with Crippen LogP contribution in [0.3, 0.4) is 0 Å². The van der Waals surface area contributed by atoms with Crippen LogP contribution in [0.25, 0.3) is 0 Å². The van der Waals surface area contributed by atoms with E-state index in [1.807, 2.05) is 7.05 Å². The van der Waals surface area contributed by atoms with Crippen molar-refractivity contribution in [2.45, 2.75) is 44.6 Å². The molecule has 0 aromatic carbocycles. The lowest BCUT2D eigenvalue weighted by atomic mass is 9.79. The van der Waals surface area contributed by atoms with Crippen LogP contribution >= 0.6 is 0 Å². The van der Waals surface area contributed by atoms with Crippen LogP contribution < -0.4 is 5.73 Å². The van der Waals surface area contributed by atoms with Crippen molar-refractivity contribution in [2.75, 3.05) is 13.1 Å². The number of hydrogen-bond donors (Lipinski definition) is 1. The lowest BCUT2D eigenvalue weighted by molar-refractivity contribution is 0.169. The van der Waals surface area contributed by atoms with Crippen LogP contribution in [-0.4, -0.2) is 30.4 Å². The monoisotopic (exact) mass is 299 g/mol. The van der Waals surface area contributed by atoms with Gasteiger partial charge >= 0.3 is 0 Å². The molecule has 114 valence electrons. The van der Waals surface area contributed by atoms with Gasteiger partial charge in [0.1, 0.15) is 4.90 Å². The summed E-state index contributed by atoms with van der Waals surface area (Å²) in [7, 11) is -1.55. The van der Waals surface area contributed by atoms with Gasteiger partial charge in [-0.3, -0.25) is 0 Å². The molecule has 0 amide bonds. The summed E-state index contributed by atoms with van der Waals surface area (Å²) in [6.07, 6.45) is 4.62. The zero-order valence-electron chi connectivity index (χ0n) is 12.6. The normalized spacial score (nSPS) is 20.2. The second-order valence-corrected chi connectivity index (χ2v) is 7.99. The first kappa shape index (κ1) is 15.5. The minimum absolute atomic E-state index is 0.283. The maximum absolute atomic E-state index is 12.6. The topological polar surface area (TPSA) is 68.3 Å². The largest absolute Gasteiger partial charge is 0.352 e. The maximum Gasteiger partial charge on any atom is 0.244 e. The highest BCUT2D eigenvalue weighted by molar-refractivity contribution is 7.89. The Bertz CT molecular complexity index is 569. The molecule has 1 fully saturated rings. The van der Waals surface area contributed by atoms with Gasteiger partial charge in [0.15, 0.2) is 0 Å². The molecule has 0 atom stereocenters. The lowest BCUT2D eigenvalue weighted by Gasteiger charge is -2.38. The van der Waals surface area contributed by atoms with Crippen molar-refractivity contribution in [1.82, 2.24) is 8.87 Å². The molecule has 2 rings (SSSR count). The molecule has 0 bridgehead atoms. The molecule has 1 aliphatic heterocycles. The summed E-state index contributed by atoms with van der Waals surface area (Å²) in [6.45, 7) is 5.99. The summed E-state index contributed by atoms with van der Waals surface area (Å²) < 4.78 is 28.7. The quantitative estimate of drug-likeness (QED) is 0.920. The predicted octanol–water partition coefficient (Wildman–Crippen LogP) is 1.68. The van der Waals surface area contributed by atoms with Crippen molar-refractivity contribution in [3.63, 3.8) is 0 Å². The summed E-state index contributed by atoms with van der Waals surface area (Å²) in [5, 5.41) is 0. The van der Waals surface area contributed by atoms with E-state index in [-0.39, 0.29) is 5.41 Å². The van der Waals surface area contributed by atoms with Crippen LogP contribution in [0.2, 0.25) is 0 Å². The SMILES string of the molecule is CCC1(C)CCN(S(=O)(=O)c2cc(CN)n(C)c2)CC1. The second-order valence-electron chi connectivity index (χ2n) is 6.05. The highest BCUT2D eigenvalue weighted by Gasteiger charge is 2.34. The number of aryl methyl sites for hydroxylation is 1. The number of rotatable bonds is 4. The summed E-state index contributed by atoms with van der Waals surface area (Å²) in [4.78, 5) is 0.362. The van der Waals surface area contributed by atoms with Crippen LogP contribution in [0.4, 0.5) is 0 Å². The zero-order chi connectivity index (χ0) is 15.0. The minimum Gasteiger partial charge on any atom is -0.352 e. The molecule has 6 heteroatoms. The van der Waals surface area contributed by atoms with Gasteiger partial charge in [0.05, 0.1) is 0 Å². The summed E-state index contributed by atoms with van der Waals surface area (Å²) in [6, 6.07) is 1.68. The molecule has 5 nitrogen and oxygen atoms in total. The number of nitrogens with zero attached hydrogens (tertiary/aromatic N) is 2. The van der Waals surface area contributed by atoms with Crippen LogP contribution in [0, 0.1) is 5.41 Å². The van der Waals surface area contributed by atoms with Crippen LogP contribution in [0.1, 0.15) is 38.8 Å². The lowest BCUT2D eigenvalue weighted by Crippen LogP contribution is -2.41. The van der Waals surface area contributed by atoms with Crippen molar-refractivity contribution < 1.29 is 8.42 Å². The summed E-state index contributed by atoms with van der Waals surface area (Å²) in [5.74, 6) is 0. The summed E-state index contributed by atoms with van der Waals surface area (Å²) in [5.41, 5.74) is 6.73. The van der Waals surface area contributed by atoms with Crippen LogP contribution in [0.15, 0.2) is 17.2 Å². The van der Waals surface area contributed by atoms with Gasteiger partial charge in [-0.25, -0.2) is 8.42 Å². The highest BCUT2D eigenvalue weighted by Crippen LogP contribution is 2.35. The van der Waals surface area contributed by atoms with Crippen molar-refractivity contribution in [1.29, 1.82) is 0 Å². The Morgan fingerprint density at radius 2 is 1.95 bits per heavy atom. The van der Waals surface area contributed by atoms with Gasteiger partial charge < -0.3 is 10.3 Å². The van der Waals surface area contributed by atoms with Gasteiger partial charge in [0, 0.05) is 38.6 Å². The van der Waals surface area contributed by atoms with E-state index in [0.717, 1.165) is 25.0 Å². The third-order valence-electron chi connectivity index (χ3n) is 4.71. The molecule has 1 aliphatic rings. The third kappa shape index (κ3) is 2.77. The van der Waals surface area contributed by atoms with E-state index in [4.69, 9.17) is 5.73 Å². The fourth-order valence-corrected chi connectivity index (χ4v) is 4.23. The molecule has 0 saturated carbocycles. The van der Waals surface area contributed by atoms with E-state index in [1.165, 1.54) is 0 Å². The van der Waals surface area contributed by atoms with E-state index in [1.54, 1.807) is 21.1 Å². The number of aromatic nitrogens is 1. The molecule has 0 unspecified atom stereocenters. The molecule has 1 aromatic rings. The molecular weight excluding hydrogens is 274 g/mol. The molecule has 2 N–H and O–H groups in total. The Balaban J connectivity index is 2.19. The zero-order valence-corrected chi connectivity index (χ0v) is 13.4. The smallest absolute Gasteiger partial charge is 0.244 e. The predicted molar refractivity (Wildman–Crippen MR) is 79.7 cm³/mol. The highest BCUT2D eigenvalue weighted by atomic mass is 32.2. The molecule has 0 radical (unpaired) electrons. The second kappa shape index (κ2) is 5.50. The average Bonchev–Trinajstić information content (AvgIpc) is 2.81. The minimum atomic E-state index is -3.38. The number of sulfonamides is 1. The summed E-state index contributed by atoms with van der Waals surface area (Å²) >= 11 is 0. The standard InChI is InChI=1S/C14H25N3O2S/c1-4-14(2)5-7-17(8-6-14)20(18,19)13-9-12(10-15)16(3)11-13/h9,11H,4-8,10,15H2,1-3H3. The van der Waals surface area contributed by atoms with Gasteiger partial charge in [0.25, 0.3) is 0 Å². The molecule has 1 aromatic heterocycles. The fraction of sp³-hybridized carbons (Fsp3) is 0.714. The average molecular weight is 299 g/mol. The number of piperidine rings is 1. The van der Waals surface area contributed by atoms with Gasteiger partial charge in [-0.15, -0.1) is 0 Å². The maximum atomic E-state index is 12.6. The van der Waals surface area contributed by atoms with E-state index in [0.29, 0.717) is 24.5 Å². The Morgan fingerprint density at radius 1 is 1.35 bits per heavy atom. The molecule has 1 saturated heterocycles. The Hall–Kier alpha value is -0.850. The van der Waals surface area contributed by atoms with Crippen LogP contribution in [-0.2, 0) is 23.6 Å². The van der Waals surface area contributed by atoms with Gasteiger partial charge in [-0.2, -0.15) is 4.31 Å². The van der Waals surface area contributed by atoms with Crippen molar-refractivity contribution >= 4 is 10.0 Å². The molecule has 2 heterocycles. The number of nitrogens with two attached hydrogens (primary N) is 1. The Morgan fingerprint density at radius 3 is 2.40 bits per heavy atom. The van der Waals surface area contributed by atoms with E-state index < -0.39 is 10.0 Å². The molecule has 0 aliphatic carbocycles. The van der Waals surface area contributed by atoms with Gasteiger partial charge in [0.2, 0.25) is 10.0 Å². The number of hydrogen-bond acceptors (Lipinski definition) is 3. The van der Waals surface area contributed by atoms with Crippen molar-refractivity contribution in [2.24, 2.45) is 18.2 Å². The van der Waals surface area contributed by atoms with E-state index >= 15 is 0 Å². The van der Waals surface area contributed by atoms with E-state index in [9.17, 15) is 8.42 Å². The molecular formula is C14H25N3O2S. The third-order valence-corrected chi connectivity index (χ3v) is 6.58. The Kier molecular flexibility index (Phi) is 4.27. The van der Waals surface area contributed by atoms with E-state index in [2.05, 4.69) is 13.8 Å². The van der Waals surface area contributed by atoms with Crippen molar-refractivity contribution in [3.8, 4) is 0 Å². The first-order chi connectivity index (χ1) is 9.32. The Labute approximate surface area is 121 Å². The van der Waals surface area contributed by atoms with Gasteiger partial charge in [-0.1, -0.05) is 20.3 Å². The van der Waals surface area contributed by atoms with Crippen molar-refractivity contribution in [3.05, 3.63) is 18.0 Å². The first-order valence-corrected chi connectivity index (χ1v) is 8.62. The molecule has 0 spiro atoms. The first-order valence-electron chi connectivity index (χ1n) is 7.18. The van der Waals surface area contributed by atoms with Gasteiger partial charge in [-0.05, 0) is 24.3 Å². The molecule has 20 heavy (non-hydrogen) atoms.